The van der Waals surface area contributed by atoms with E-state index in [1.807, 2.05) is 0 Å². The van der Waals surface area contributed by atoms with Gasteiger partial charge >= 0.3 is 17.9 Å². The Kier molecular flexibility index (Phi) is 34.2. The quantitative estimate of drug-likeness (QED) is 0.0453. The number of carboxylic acid groups (broad SMARTS) is 3. The molecule has 2 aromatic carbocycles. The predicted molar refractivity (Wildman–Crippen MR) is 336 cm³/mol. The van der Waals surface area contributed by atoms with Gasteiger partial charge in [0.05, 0.1) is 54.6 Å². The summed E-state index contributed by atoms with van der Waals surface area (Å²) in [4.78, 5) is 197. The van der Waals surface area contributed by atoms with Crippen LogP contribution in [-0.4, -0.2) is 150 Å². The number of aliphatic hydroxyl groups is 1. The zero-order chi connectivity index (χ0) is 70.6. The van der Waals surface area contributed by atoms with E-state index in [4.69, 9.17) is 11.5 Å². The molecule has 0 heterocycles. The molecule has 0 aliphatic carbocycles. The summed E-state index contributed by atoms with van der Waals surface area (Å²) in [5.74, 6) is -22.0. The number of nitrogens with one attached hydrogen (secondary N) is 5. The number of carboxylic acids is 3. The number of aliphatic carboxylic acids is 3. The summed E-state index contributed by atoms with van der Waals surface area (Å²) in [6.07, 6.45) is -7.56. The highest BCUT2D eigenvalue weighted by Crippen LogP contribution is 2.24. The third kappa shape index (κ3) is 30.0. The van der Waals surface area contributed by atoms with Crippen molar-refractivity contribution < 1.29 is 97.5 Å². The molecule has 0 aliphatic heterocycles. The summed E-state index contributed by atoms with van der Waals surface area (Å²) in [5, 5.41) is 62.9. The van der Waals surface area contributed by atoms with Gasteiger partial charge in [-0.1, -0.05) is 97.9 Å². The fourth-order valence-corrected chi connectivity index (χ4v) is 10.6. The Morgan fingerprint density at radius 1 is 0.441 bits per heavy atom. The highest BCUT2D eigenvalue weighted by molar-refractivity contribution is 5.98. The van der Waals surface area contributed by atoms with Crippen LogP contribution in [0.2, 0.25) is 0 Å². The van der Waals surface area contributed by atoms with Crippen LogP contribution in [0.1, 0.15) is 157 Å². The maximum atomic E-state index is 14.7. The Hall–Kier alpha value is -8.75. The van der Waals surface area contributed by atoms with Gasteiger partial charge in [0, 0.05) is 75.0 Å². The smallest absolute Gasteiger partial charge is 0.304 e. The van der Waals surface area contributed by atoms with E-state index in [-0.39, 0.29) is 56.0 Å². The highest BCUT2D eigenvalue weighted by Gasteiger charge is 2.38. The molecule has 0 unspecified atom stereocenters. The maximum absolute atomic E-state index is 14.7. The minimum atomic E-state index is -1.53. The Bertz CT molecular complexity index is 2950. The summed E-state index contributed by atoms with van der Waals surface area (Å²) >= 11 is 0. The van der Waals surface area contributed by atoms with Crippen LogP contribution < -0.4 is 38.1 Å². The minimum absolute atomic E-state index is 0.0430. The van der Waals surface area contributed by atoms with Crippen LogP contribution in [0.4, 0.5) is 0 Å². The number of nitrogens with two attached hydrogens (primary N) is 2. The van der Waals surface area contributed by atoms with Gasteiger partial charge in [-0.05, 0) is 86.5 Å². The number of phenols is 1. The molecule has 14 N–H and O–H groups in total. The van der Waals surface area contributed by atoms with Gasteiger partial charge in [-0.25, -0.2) is 0 Å². The molecule has 2 aromatic rings. The maximum Gasteiger partial charge on any atom is 0.304 e. The number of amides is 7. The van der Waals surface area contributed by atoms with Crippen molar-refractivity contribution in [3.63, 3.8) is 0 Å². The lowest BCUT2D eigenvalue weighted by Gasteiger charge is -2.30. The van der Waals surface area contributed by atoms with Gasteiger partial charge < -0.3 is 68.4 Å². The third-order valence-corrected chi connectivity index (χ3v) is 15.9. The van der Waals surface area contributed by atoms with Gasteiger partial charge in [0.1, 0.15) is 11.5 Å². The van der Waals surface area contributed by atoms with Crippen LogP contribution in [0.3, 0.4) is 0 Å². The average molecular weight is 1310 g/mol. The van der Waals surface area contributed by atoms with Crippen molar-refractivity contribution in [1.29, 1.82) is 0 Å². The zero-order valence-electron chi connectivity index (χ0n) is 54.5. The molecule has 0 aliphatic rings. The number of aromatic hydroxyl groups is 1. The summed E-state index contributed by atoms with van der Waals surface area (Å²) < 4.78 is 0. The van der Waals surface area contributed by atoms with Crippen LogP contribution in [0, 0.1) is 53.3 Å². The first-order valence-corrected chi connectivity index (χ1v) is 31.2. The van der Waals surface area contributed by atoms with Crippen LogP contribution >= 0.6 is 0 Å². The number of carbonyl (C=O) groups excluding carboxylic acids is 12. The largest absolute Gasteiger partial charge is 0.508 e. The molecular weight excluding hydrogens is 1210 g/mol. The second kappa shape index (κ2) is 39.6. The van der Waals surface area contributed by atoms with E-state index in [1.54, 1.807) is 71.9 Å². The number of hydrogen-bond acceptors (Lipinski definition) is 17. The normalized spacial score (nSPS) is 15.2. The summed E-state index contributed by atoms with van der Waals surface area (Å²) in [7, 11) is 0. The SMILES string of the molecule is CC(=O)C[C@@H](CCC(=O)O)C(=O)N[C@H](C(=O)C[C@@H](CC(N)=O)C(=O)N[C@@H](CC(C)C)[C@@H](O)C[C@@H](C)C(=O)N[C@H](C(=O)C[C@@H](Cc1ccccc1)C(=O)N[C@@H](Cc1ccc(O)cc1)C(=O)C[C@@H](C)C(=O)N[C@@H](CCC(=O)O)C(=O)C[C@@H](CC(=O)O)C(N)=O)C(C)C)C(C)C. The van der Waals surface area contributed by atoms with Gasteiger partial charge in [0.15, 0.2) is 23.1 Å². The number of Topliss-reactive ketones (excluding diaryl/α,β-unsaturated/α-hetero) is 5. The number of aliphatic hydroxyl groups excluding tert-OH is 1. The Balaban J connectivity index is 2.43. The molecule has 0 bridgehead atoms. The lowest BCUT2D eigenvalue weighted by atomic mass is 9.87. The van der Waals surface area contributed by atoms with Crippen LogP contribution in [-0.2, 0) is 84.8 Å². The number of ketones is 5. The van der Waals surface area contributed by atoms with E-state index in [0.717, 1.165) is 0 Å². The Morgan fingerprint density at radius 3 is 1.42 bits per heavy atom. The van der Waals surface area contributed by atoms with Crippen molar-refractivity contribution in [1.82, 2.24) is 26.6 Å². The average Bonchev–Trinajstić information content (AvgIpc) is 0.946. The highest BCUT2D eigenvalue weighted by atomic mass is 16.4. The lowest BCUT2D eigenvalue weighted by Crippen LogP contribution is -2.51. The molecule has 12 atom stereocenters. The molecular formula is C66H95N7O20. The van der Waals surface area contributed by atoms with Crippen LogP contribution in [0.15, 0.2) is 54.6 Å². The van der Waals surface area contributed by atoms with Gasteiger partial charge in [-0.15, -0.1) is 0 Å². The van der Waals surface area contributed by atoms with Crippen molar-refractivity contribution in [2.45, 2.75) is 195 Å². The van der Waals surface area contributed by atoms with Crippen LogP contribution in [0.25, 0.3) is 0 Å². The first-order chi connectivity index (χ1) is 43.4. The molecule has 27 nitrogen and oxygen atoms in total. The van der Waals surface area contributed by atoms with Crippen molar-refractivity contribution in [2.24, 2.45) is 64.7 Å². The molecule has 0 spiro atoms. The van der Waals surface area contributed by atoms with Crippen LogP contribution in [0.5, 0.6) is 5.75 Å². The van der Waals surface area contributed by atoms with Crippen molar-refractivity contribution >= 4 is 88.2 Å². The fraction of sp³-hybridized carbons (Fsp3) is 0.591. The van der Waals surface area contributed by atoms with E-state index >= 15 is 0 Å². The minimum Gasteiger partial charge on any atom is -0.508 e. The van der Waals surface area contributed by atoms with Gasteiger partial charge in [-0.3, -0.25) is 67.1 Å². The van der Waals surface area contributed by atoms with Crippen molar-refractivity contribution in [3.8, 4) is 5.75 Å². The lowest BCUT2D eigenvalue weighted by molar-refractivity contribution is -0.141. The number of hydrogen-bond donors (Lipinski definition) is 12. The molecule has 514 valence electrons. The van der Waals surface area contributed by atoms with Gasteiger partial charge in [-0.2, -0.15) is 0 Å². The number of phenolic OH excluding ortho intramolecular Hbond substituents is 1. The molecule has 2 rings (SSSR count). The standard InChI is InChI=1S/C66H95N7O20/c1-34(2)23-48(70-66(93)45(32-55(67)81)31-54(80)60(36(5)6)73-64(91)42(26-39(9)74)17-21-56(82)83)50(76)25-38(8)63(90)72-59(35(3)4)53(79)30-44(27-40-13-11-10-12-14-40)65(92)71-49(28-41-15-18-46(75)19-16-41)51(77)24-37(7)62(89)69-47(20-22-57(84)85)52(78)29-43(61(68)88)33-58(86)87/h10-16,18-19,34-38,42-45,47-50,59-60,75-76H,17,20-33H2,1-9H3,(H2,67,81)(H2,68,88)(H,69,89)(H,70,93)(H,71,92)(H,72,90)(H,73,91)(H,82,83)(H,84,85)(H,86,87)/t37-,38-,42-,43+,44-,45+,47+,48+,49+,50+,59+,60+/m1/s1. The van der Waals surface area contributed by atoms with E-state index < -0.39 is 224 Å². The molecule has 0 saturated carbocycles. The summed E-state index contributed by atoms with van der Waals surface area (Å²) in [5.41, 5.74) is 11.9. The second-order valence-electron chi connectivity index (χ2n) is 25.4. The third-order valence-electron chi connectivity index (χ3n) is 15.9. The number of carbonyl (C=O) groups is 15. The number of primary amides is 2. The number of rotatable bonds is 46. The monoisotopic (exact) mass is 1310 g/mol. The first-order valence-electron chi connectivity index (χ1n) is 31.2. The van der Waals surface area contributed by atoms with E-state index in [1.165, 1.54) is 45.0 Å². The van der Waals surface area contributed by atoms with E-state index in [0.29, 0.717) is 11.1 Å². The molecule has 27 heteroatoms. The first kappa shape index (κ1) is 80.3. The Labute approximate surface area is 541 Å². The molecule has 0 aromatic heterocycles. The predicted octanol–water partition coefficient (Wildman–Crippen LogP) is 2.83. The van der Waals surface area contributed by atoms with Crippen molar-refractivity contribution in [3.05, 3.63) is 65.7 Å². The van der Waals surface area contributed by atoms with Gasteiger partial charge in [0.2, 0.25) is 41.4 Å². The zero-order valence-corrected chi connectivity index (χ0v) is 54.5. The fourth-order valence-electron chi connectivity index (χ4n) is 10.6. The van der Waals surface area contributed by atoms with E-state index in [9.17, 15) is 97.5 Å². The summed E-state index contributed by atoms with van der Waals surface area (Å²) in [6, 6.07) is 7.86. The molecule has 93 heavy (non-hydrogen) atoms. The van der Waals surface area contributed by atoms with Gasteiger partial charge in [0.25, 0.3) is 0 Å². The van der Waals surface area contributed by atoms with Crippen molar-refractivity contribution in [2.75, 3.05) is 0 Å². The Morgan fingerprint density at radius 2 is 0.914 bits per heavy atom. The molecule has 0 saturated heterocycles. The molecule has 0 fully saturated rings. The number of benzene rings is 2. The summed E-state index contributed by atoms with van der Waals surface area (Å²) in [6.45, 7) is 14.2. The molecule has 0 radical (unpaired) electrons. The topological polar surface area (TPSA) is 469 Å². The second-order valence-corrected chi connectivity index (χ2v) is 25.4. The van der Waals surface area contributed by atoms with E-state index in [2.05, 4.69) is 26.6 Å². The molecule has 7 amide bonds.